The topological polar surface area (TPSA) is 74.3 Å². The number of hydrogen-bond donors (Lipinski definition) is 2. The zero-order valence-electron chi connectivity index (χ0n) is 18.6. The van der Waals surface area contributed by atoms with Crippen molar-refractivity contribution in [3.8, 4) is 11.1 Å². The number of rotatable bonds is 4. The SMILES string of the molecule is CC(=O)NC(=S)N1CCC(c2nc(C(=O)Nc3ccc(C)cc3-c3ccccc3)cs2)CC1. The number of anilines is 1. The summed E-state index contributed by atoms with van der Waals surface area (Å²) in [6, 6.07) is 16.0. The van der Waals surface area contributed by atoms with Gasteiger partial charge in [0.25, 0.3) is 5.91 Å². The lowest BCUT2D eigenvalue weighted by Crippen LogP contribution is -2.45. The van der Waals surface area contributed by atoms with E-state index in [1.54, 1.807) is 0 Å². The van der Waals surface area contributed by atoms with E-state index in [1.807, 2.05) is 59.7 Å². The smallest absolute Gasteiger partial charge is 0.275 e. The van der Waals surface area contributed by atoms with Gasteiger partial charge in [0, 0.05) is 42.6 Å². The number of thiazole rings is 1. The van der Waals surface area contributed by atoms with Crippen LogP contribution in [-0.4, -0.2) is 39.9 Å². The lowest BCUT2D eigenvalue weighted by atomic mass is 9.98. The first-order chi connectivity index (χ1) is 15.9. The highest BCUT2D eigenvalue weighted by atomic mass is 32.1. The number of likely N-dealkylation sites (tertiary alicyclic amines) is 1. The van der Waals surface area contributed by atoms with Crippen LogP contribution in [-0.2, 0) is 4.79 Å². The van der Waals surface area contributed by atoms with Crippen LogP contribution in [0.2, 0.25) is 0 Å². The second kappa shape index (κ2) is 10.2. The molecule has 2 heterocycles. The zero-order chi connectivity index (χ0) is 23.4. The minimum Gasteiger partial charge on any atom is -0.349 e. The van der Waals surface area contributed by atoms with Crippen LogP contribution in [0.3, 0.4) is 0 Å². The summed E-state index contributed by atoms with van der Waals surface area (Å²) in [5, 5.41) is 9.01. The molecular formula is C25H26N4O2S2. The summed E-state index contributed by atoms with van der Waals surface area (Å²) in [6.45, 7) is 5.02. The Hall–Kier alpha value is -3.10. The molecule has 2 N–H and O–H groups in total. The first-order valence-electron chi connectivity index (χ1n) is 10.9. The highest BCUT2D eigenvalue weighted by Crippen LogP contribution is 2.32. The van der Waals surface area contributed by atoms with Crippen molar-refractivity contribution in [3.63, 3.8) is 0 Å². The maximum Gasteiger partial charge on any atom is 0.275 e. The van der Waals surface area contributed by atoms with Crippen molar-refractivity contribution < 1.29 is 9.59 Å². The molecule has 1 fully saturated rings. The van der Waals surface area contributed by atoms with Crippen LogP contribution in [0.5, 0.6) is 0 Å². The number of thiocarbonyl (C=S) groups is 1. The molecule has 3 aromatic rings. The Bertz CT molecular complexity index is 1170. The predicted molar refractivity (Wildman–Crippen MR) is 137 cm³/mol. The molecule has 170 valence electrons. The fraction of sp³-hybridized carbons (Fsp3) is 0.280. The van der Waals surface area contributed by atoms with Gasteiger partial charge < -0.3 is 15.5 Å². The van der Waals surface area contributed by atoms with Gasteiger partial charge in [-0.15, -0.1) is 11.3 Å². The summed E-state index contributed by atoms with van der Waals surface area (Å²) in [5.41, 5.74) is 4.38. The largest absolute Gasteiger partial charge is 0.349 e. The van der Waals surface area contributed by atoms with Crippen LogP contribution >= 0.6 is 23.6 Å². The Morgan fingerprint density at radius 2 is 1.85 bits per heavy atom. The first-order valence-corrected chi connectivity index (χ1v) is 12.2. The second-order valence-corrected chi connectivity index (χ2v) is 9.46. The molecule has 6 nitrogen and oxygen atoms in total. The molecule has 0 radical (unpaired) electrons. The maximum absolute atomic E-state index is 13.0. The number of aryl methyl sites for hydroxylation is 1. The second-order valence-electron chi connectivity index (χ2n) is 8.19. The third-order valence-electron chi connectivity index (χ3n) is 5.68. The molecule has 1 aliphatic rings. The average Bonchev–Trinajstić information content (AvgIpc) is 3.31. The summed E-state index contributed by atoms with van der Waals surface area (Å²) in [5.74, 6) is -0.0725. The molecular weight excluding hydrogens is 452 g/mol. The van der Waals surface area contributed by atoms with E-state index in [9.17, 15) is 9.59 Å². The fourth-order valence-electron chi connectivity index (χ4n) is 3.95. The lowest BCUT2D eigenvalue weighted by molar-refractivity contribution is -0.117. The predicted octanol–water partition coefficient (Wildman–Crippen LogP) is 4.97. The number of piperidine rings is 1. The number of aromatic nitrogens is 1. The Labute approximate surface area is 203 Å². The van der Waals surface area contributed by atoms with Gasteiger partial charge in [-0.3, -0.25) is 9.59 Å². The number of nitrogens with one attached hydrogen (secondary N) is 2. The number of benzene rings is 2. The Balaban J connectivity index is 1.43. The number of carbonyl (C=O) groups excluding carboxylic acids is 2. The van der Waals surface area contributed by atoms with E-state index in [0.717, 1.165) is 53.3 Å². The monoisotopic (exact) mass is 478 g/mol. The maximum atomic E-state index is 13.0. The van der Waals surface area contributed by atoms with E-state index in [1.165, 1.54) is 18.3 Å². The molecule has 1 saturated heterocycles. The summed E-state index contributed by atoms with van der Waals surface area (Å²) in [6.07, 6.45) is 1.76. The molecule has 1 aromatic heterocycles. The van der Waals surface area contributed by atoms with Crippen molar-refractivity contribution in [1.29, 1.82) is 0 Å². The number of amides is 2. The van der Waals surface area contributed by atoms with Crippen molar-refractivity contribution in [3.05, 3.63) is 70.2 Å². The van der Waals surface area contributed by atoms with Crippen LogP contribution in [0.25, 0.3) is 11.1 Å². The van der Waals surface area contributed by atoms with E-state index in [0.29, 0.717) is 10.8 Å². The molecule has 2 amide bonds. The summed E-state index contributed by atoms with van der Waals surface area (Å²) in [7, 11) is 0. The molecule has 0 bridgehead atoms. The van der Waals surface area contributed by atoms with Crippen molar-refractivity contribution in [2.45, 2.75) is 32.6 Å². The lowest BCUT2D eigenvalue weighted by Gasteiger charge is -2.32. The summed E-state index contributed by atoms with van der Waals surface area (Å²) in [4.78, 5) is 30.9. The highest BCUT2D eigenvalue weighted by Gasteiger charge is 2.25. The van der Waals surface area contributed by atoms with Crippen LogP contribution in [0.1, 0.15) is 46.7 Å². The van der Waals surface area contributed by atoms with Gasteiger partial charge in [-0.25, -0.2) is 4.98 Å². The first kappa shape index (κ1) is 23.1. The van der Waals surface area contributed by atoms with Crippen molar-refractivity contribution >= 4 is 46.2 Å². The van der Waals surface area contributed by atoms with Gasteiger partial charge in [0.05, 0.1) is 5.01 Å². The molecule has 0 atom stereocenters. The quantitative estimate of drug-likeness (QED) is 0.518. The molecule has 0 spiro atoms. The molecule has 0 saturated carbocycles. The standard InChI is InChI=1S/C25H26N4O2S2/c1-16-8-9-21(20(14-16)18-6-4-3-5-7-18)27-23(31)22-15-33-24(28-22)19-10-12-29(13-11-19)25(32)26-17(2)30/h3-9,14-15,19H,10-13H2,1-2H3,(H,27,31)(H,26,30,32). The van der Waals surface area contributed by atoms with Crippen molar-refractivity contribution in [1.82, 2.24) is 15.2 Å². The zero-order valence-corrected chi connectivity index (χ0v) is 20.3. The van der Waals surface area contributed by atoms with E-state index < -0.39 is 0 Å². The van der Waals surface area contributed by atoms with E-state index in [2.05, 4.69) is 21.7 Å². The third-order valence-corrected chi connectivity index (χ3v) is 7.04. The Morgan fingerprint density at radius 1 is 1.12 bits per heavy atom. The number of carbonyl (C=O) groups is 2. The van der Waals surface area contributed by atoms with Crippen LogP contribution in [0, 0.1) is 6.92 Å². The molecule has 8 heteroatoms. The van der Waals surface area contributed by atoms with Gasteiger partial charge in [0.2, 0.25) is 5.91 Å². The average molecular weight is 479 g/mol. The highest BCUT2D eigenvalue weighted by molar-refractivity contribution is 7.80. The normalized spacial score (nSPS) is 14.1. The van der Waals surface area contributed by atoms with Gasteiger partial charge in [-0.1, -0.05) is 42.0 Å². The van der Waals surface area contributed by atoms with E-state index in [4.69, 9.17) is 12.2 Å². The summed E-state index contributed by atoms with van der Waals surface area (Å²) >= 11 is 6.81. The molecule has 33 heavy (non-hydrogen) atoms. The minimum atomic E-state index is -0.206. The van der Waals surface area contributed by atoms with Gasteiger partial charge in [0.15, 0.2) is 5.11 Å². The van der Waals surface area contributed by atoms with Gasteiger partial charge >= 0.3 is 0 Å². The van der Waals surface area contributed by atoms with Crippen LogP contribution < -0.4 is 10.6 Å². The minimum absolute atomic E-state index is 0.151. The molecule has 1 aliphatic heterocycles. The third kappa shape index (κ3) is 5.64. The number of nitrogens with zero attached hydrogens (tertiary/aromatic N) is 2. The molecule has 0 aliphatic carbocycles. The molecule has 0 unspecified atom stereocenters. The summed E-state index contributed by atoms with van der Waals surface area (Å²) < 4.78 is 0. The molecule has 4 rings (SSSR count). The Morgan fingerprint density at radius 3 is 2.55 bits per heavy atom. The van der Waals surface area contributed by atoms with Crippen molar-refractivity contribution in [2.24, 2.45) is 0 Å². The molecule has 2 aromatic carbocycles. The van der Waals surface area contributed by atoms with Crippen LogP contribution in [0.4, 0.5) is 5.69 Å². The fourth-order valence-corrected chi connectivity index (χ4v) is 5.25. The Kier molecular flexibility index (Phi) is 7.15. The van der Waals surface area contributed by atoms with Gasteiger partial charge in [-0.2, -0.15) is 0 Å². The number of hydrogen-bond acceptors (Lipinski definition) is 5. The van der Waals surface area contributed by atoms with Crippen LogP contribution in [0.15, 0.2) is 53.9 Å². The van der Waals surface area contributed by atoms with E-state index in [-0.39, 0.29) is 17.7 Å². The van der Waals surface area contributed by atoms with E-state index >= 15 is 0 Å². The van der Waals surface area contributed by atoms with Gasteiger partial charge in [0.1, 0.15) is 5.69 Å². The van der Waals surface area contributed by atoms with Crippen molar-refractivity contribution in [2.75, 3.05) is 18.4 Å². The van der Waals surface area contributed by atoms with Gasteiger partial charge in [-0.05, 0) is 49.7 Å².